The molecule has 0 spiro atoms. The van der Waals surface area contributed by atoms with Crippen molar-refractivity contribution in [3.63, 3.8) is 0 Å². The summed E-state index contributed by atoms with van der Waals surface area (Å²) in [6.45, 7) is 4.00. The van der Waals surface area contributed by atoms with Crippen molar-refractivity contribution in [3.8, 4) is 6.19 Å². The number of aliphatic imine (C=N–C) groups is 1. The number of carbonyl (C=O) groups excluding carboxylic acids is 2. The van der Waals surface area contributed by atoms with Gasteiger partial charge in [-0.2, -0.15) is 10.3 Å². The Morgan fingerprint density at radius 3 is 2.76 bits per heavy atom. The number of anilines is 2. The number of aryl methyl sites for hydroxylation is 1. The Morgan fingerprint density at radius 1 is 1.24 bits per heavy atom. The van der Waals surface area contributed by atoms with E-state index in [0.717, 1.165) is 22.6 Å². The first-order chi connectivity index (χ1) is 16.4. The summed E-state index contributed by atoms with van der Waals surface area (Å²) in [5.74, 6) is -0.0573. The number of ether oxygens (including phenoxy) is 2. The maximum absolute atomic E-state index is 13.3. The van der Waals surface area contributed by atoms with Gasteiger partial charge < -0.3 is 25.0 Å². The van der Waals surface area contributed by atoms with E-state index in [9.17, 15) is 9.59 Å². The van der Waals surface area contributed by atoms with Gasteiger partial charge in [0.25, 0.3) is 11.8 Å². The Bertz CT molecular complexity index is 1150. The number of rotatable bonds is 5. The standard InChI is InChI=1S/C23H24ClN5O4S/c1-15-12-16(2-3-17(15)29-8-11-32-9-6-20(29)26-14-25)27-22(31)23(7-10-33-13-23)28-21(30)18-4-5-19(24)34-18/h2-5,12H,6-11,13H2,1H3,(H,27,31)(H,28,30)/t23-/m0/s1. The Balaban J connectivity index is 1.51. The summed E-state index contributed by atoms with van der Waals surface area (Å²) in [7, 11) is 0. The smallest absolute Gasteiger partial charge is 0.262 e. The van der Waals surface area contributed by atoms with Crippen molar-refractivity contribution in [1.29, 1.82) is 5.26 Å². The lowest BCUT2D eigenvalue weighted by Crippen LogP contribution is -2.57. The van der Waals surface area contributed by atoms with E-state index >= 15 is 0 Å². The number of amides is 2. The first-order valence-corrected chi connectivity index (χ1v) is 12.0. The molecule has 2 aromatic rings. The fourth-order valence-electron chi connectivity index (χ4n) is 4.02. The molecule has 34 heavy (non-hydrogen) atoms. The third-order valence-corrected chi connectivity index (χ3v) is 7.00. The number of hydrogen-bond donors (Lipinski definition) is 2. The molecule has 2 N–H and O–H groups in total. The maximum Gasteiger partial charge on any atom is 0.262 e. The molecule has 3 heterocycles. The van der Waals surface area contributed by atoms with Crippen LogP contribution < -0.4 is 15.5 Å². The van der Waals surface area contributed by atoms with Crippen LogP contribution in [-0.4, -0.2) is 56.2 Å². The molecule has 2 aliphatic rings. The minimum Gasteiger partial charge on any atom is -0.379 e. The summed E-state index contributed by atoms with van der Waals surface area (Å²) < 4.78 is 11.5. The fourth-order valence-corrected chi connectivity index (χ4v) is 4.96. The number of nitrogens with zero attached hydrogens (tertiary/aromatic N) is 3. The molecular weight excluding hydrogens is 478 g/mol. The number of amidine groups is 1. The maximum atomic E-state index is 13.3. The zero-order chi connectivity index (χ0) is 24.1. The molecule has 2 fully saturated rings. The molecule has 0 radical (unpaired) electrons. The van der Waals surface area contributed by atoms with E-state index in [0.29, 0.717) is 59.9 Å². The molecule has 0 unspecified atom stereocenters. The van der Waals surface area contributed by atoms with E-state index in [1.54, 1.807) is 18.2 Å². The van der Waals surface area contributed by atoms with Crippen molar-refractivity contribution < 1.29 is 19.1 Å². The zero-order valence-corrected chi connectivity index (χ0v) is 20.2. The van der Waals surface area contributed by atoms with Gasteiger partial charge in [0, 0.05) is 37.4 Å². The molecule has 11 heteroatoms. The molecular formula is C23H24ClN5O4S. The van der Waals surface area contributed by atoms with Crippen molar-refractivity contribution in [2.75, 3.05) is 43.2 Å². The summed E-state index contributed by atoms with van der Waals surface area (Å²) >= 11 is 7.10. The van der Waals surface area contributed by atoms with Crippen LogP contribution in [0.5, 0.6) is 0 Å². The Labute approximate surface area is 206 Å². The predicted molar refractivity (Wildman–Crippen MR) is 131 cm³/mol. The van der Waals surface area contributed by atoms with Gasteiger partial charge in [-0.3, -0.25) is 9.59 Å². The molecule has 2 amide bonds. The lowest BCUT2D eigenvalue weighted by molar-refractivity contribution is -0.122. The quantitative estimate of drug-likeness (QED) is 0.607. The van der Waals surface area contributed by atoms with Gasteiger partial charge in [0.05, 0.1) is 29.0 Å². The highest BCUT2D eigenvalue weighted by atomic mass is 35.5. The molecule has 1 aromatic heterocycles. The van der Waals surface area contributed by atoms with Crippen LogP contribution in [0.2, 0.25) is 4.34 Å². The summed E-state index contributed by atoms with van der Waals surface area (Å²) in [5.41, 5.74) is 1.21. The minimum atomic E-state index is -1.17. The normalized spacial score (nSPS) is 21.7. The number of carbonyl (C=O) groups is 2. The summed E-state index contributed by atoms with van der Waals surface area (Å²) in [6, 6.07) is 8.80. The number of halogens is 1. The van der Waals surface area contributed by atoms with E-state index < -0.39 is 5.54 Å². The second-order valence-electron chi connectivity index (χ2n) is 8.04. The van der Waals surface area contributed by atoms with Gasteiger partial charge in [-0.25, -0.2) is 0 Å². The average molecular weight is 502 g/mol. The lowest BCUT2D eigenvalue weighted by Gasteiger charge is -2.28. The van der Waals surface area contributed by atoms with Gasteiger partial charge >= 0.3 is 0 Å². The Hall–Kier alpha value is -2.97. The topological polar surface area (TPSA) is 116 Å². The molecule has 4 rings (SSSR count). The first kappa shape index (κ1) is 24.2. The highest BCUT2D eigenvalue weighted by Gasteiger charge is 2.44. The molecule has 0 bridgehead atoms. The van der Waals surface area contributed by atoms with Crippen LogP contribution in [0.1, 0.15) is 28.1 Å². The van der Waals surface area contributed by atoms with Crippen molar-refractivity contribution >= 4 is 52.0 Å². The summed E-state index contributed by atoms with van der Waals surface area (Å²) in [4.78, 5) is 32.4. The number of nitrogens with one attached hydrogen (secondary N) is 2. The minimum absolute atomic E-state index is 0.0858. The van der Waals surface area contributed by atoms with E-state index in [1.165, 1.54) is 0 Å². The van der Waals surface area contributed by atoms with E-state index in [4.69, 9.17) is 26.3 Å². The van der Waals surface area contributed by atoms with Crippen LogP contribution in [0.3, 0.4) is 0 Å². The first-order valence-electron chi connectivity index (χ1n) is 10.8. The number of benzene rings is 1. The predicted octanol–water partition coefficient (Wildman–Crippen LogP) is 3.34. The van der Waals surface area contributed by atoms with Crippen LogP contribution in [0.4, 0.5) is 11.4 Å². The van der Waals surface area contributed by atoms with E-state index in [1.807, 2.05) is 30.1 Å². The molecule has 1 aromatic carbocycles. The van der Waals surface area contributed by atoms with Crippen LogP contribution in [0.15, 0.2) is 35.3 Å². The van der Waals surface area contributed by atoms with Crippen LogP contribution in [0.25, 0.3) is 0 Å². The van der Waals surface area contributed by atoms with Gasteiger partial charge in [-0.05, 0) is 42.8 Å². The van der Waals surface area contributed by atoms with Gasteiger partial charge in [0.1, 0.15) is 11.4 Å². The monoisotopic (exact) mass is 501 g/mol. The second kappa shape index (κ2) is 10.5. The van der Waals surface area contributed by atoms with Crippen LogP contribution in [-0.2, 0) is 14.3 Å². The highest BCUT2D eigenvalue weighted by Crippen LogP contribution is 2.28. The van der Waals surface area contributed by atoms with Gasteiger partial charge in [0.15, 0.2) is 0 Å². The molecule has 178 valence electrons. The lowest BCUT2D eigenvalue weighted by atomic mass is 9.96. The number of thiophene rings is 1. The van der Waals surface area contributed by atoms with E-state index in [2.05, 4.69) is 15.6 Å². The molecule has 1 atom stereocenters. The van der Waals surface area contributed by atoms with Gasteiger partial charge in [-0.1, -0.05) is 11.6 Å². The van der Waals surface area contributed by atoms with Crippen LogP contribution in [0, 0.1) is 18.4 Å². The molecule has 2 saturated heterocycles. The zero-order valence-electron chi connectivity index (χ0n) is 18.6. The fraction of sp³-hybridized carbons (Fsp3) is 0.391. The van der Waals surface area contributed by atoms with Gasteiger partial charge in [-0.15, -0.1) is 11.3 Å². The Morgan fingerprint density at radius 2 is 2.09 bits per heavy atom. The number of hydrogen-bond acceptors (Lipinski definition) is 7. The average Bonchev–Trinajstić information content (AvgIpc) is 3.40. The third-order valence-electron chi connectivity index (χ3n) is 5.77. The van der Waals surface area contributed by atoms with Crippen molar-refractivity contribution in [1.82, 2.24) is 5.32 Å². The second-order valence-corrected chi connectivity index (χ2v) is 9.76. The van der Waals surface area contributed by atoms with Crippen molar-refractivity contribution in [3.05, 3.63) is 45.1 Å². The molecule has 2 aliphatic heterocycles. The molecule has 0 aliphatic carbocycles. The van der Waals surface area contributed by atoms with Crippen LogP contribution >= 0.6 is 22.9 Å². The summed E-state index contributed by atoms with van der Waals surface area (Å²) in [6.07, 6.45) is 2.78. The summed E-state index contributed by atoms with van der Waals surface area (Å²) in [5, 5.41) is 14.8. The SMILES string of the molecule is Cc1cc(NC(=O)[C@]2(NC(=O)c3ccc(Cl)s3)CCOC2)ccc1N1CCOCCC1=NC#N. The van der Waals surface area contributed by atoms with E-state index in [-0.39, 0.29) is 18.4 Å². The van der Waals surface area contributed by atoms with Crippen molar-refractivity contribution in [2.24, 2.45) is 4.99 Å². The molecule has 9 nitrogen and oxygen atoms in total. The Kier molecular flexibility index (Phi) is 7.48. The molecule has 0 saturated carbocycles. The van der Waals surface area contributed by atoms with Gasteiger partial charge in [0.2, 0.25) is 6.19 Å². The number of nitriles is 1. The third kappa shape index (κ3) is 5.23. The van der Waals surface area contributed by atoms with Crippen molar-refractivity contribution in [2.45, 2.75) is 25.3 Å². The highest BCUT2D eigenvalue weighted by molar-refractivity contribution is 7.18. The largest absolute Gasteiger partial charge is 0.379 e.